The first-order valence-electron chi connectivity index (χ1n) is 10.3. The maximum Gasteiger partial charge on any atom is 0.416 e. The maximum atomic E-state index is 13.1. The quantitative estimate of drug-likeness (QED) is 0.677. The van der Waals surface area contributed by atoms with Crippen LogP contribution in [0.4, 0.5) is 29.3 Å². The number of carbonyl (C=O) groups excluding carboxylic acids is 2. The van der Waals surface area contributed by atoms with Gasteiger partial charge in [-0.2, -0.15) is 17.5 Å². The molecule has 0 unspecified atom stereocenters. The number of ether oxygens (including phenoxy) is 1. The van der Waals surface area contributed by atoms with Crippen molar-refractivity contribution in [1.29, 1.82) is 0 Å². The molecule has 3 amide bonds. The van der Waals surface area contributed by atoms with Crippen LogP contribution < -0.4 is 15.4 Å². The zero-order valence-corrected chi connectivity index (χ0v) is 18.7. The number of anilines is 2. The highest BCUT2D eigenvalue weighted by Crippen LogP contribution is 2.33. The number of rotatable bonds is 3. The summed E-state index contributed by atoms with van der Waals surface area (Å²) in [4.78, 5) is 25.6. The van der Waals surface area contributed by atoms with Gasteiger partial charge in [0, 0.05) is 31.9 Å². The summed E-state index contributed by atoms with van der Waals surface area (Å²) in [5, 5.41) is 5.02. The fourth-order valence-electron chi connectivity index (χ4n) is 3.60. The summed E-state index contributed by atoms with van der Waals surface area (Å²) in [5.41, 5.74) is -0.645. The summed E-state index contributed by atoms with van der Waals surface area (Å²) in [7, 11) is -3.91. The molecule has 2 aromatic rings. The highest BCUT2D eigenvalue weighted by atomic mass is 32.2. The van der Waals surface area contributed by atoms with E-state index >= 15 is 0 Å². The van der Waals surface area contributed by atoms with Gasteiger partial charge in [-0.05, 0) is 43.3 Å². The zero-order valence-electron chi connectivity index (χ0n) is 17.9. The van der Waals surface area contributed by atoms with E-state index in [1.807, 2.05) is 0 Å². The largest absolute Gasteiger partial charge is 0.479 e. The van der Waals surface area contributed by atoms with Gasteiger partial charge >= 0.3 is 12.2 Å². The van der Waals surface area contributed by atoms with E-state index in [0.29, 0.717) is 5.75 Å². The monoisotopic (exact) mass is 498 g/mol. The Morgan fingerprint density at radius 1 is 1.12 bits per heavy atom. The lowest BCUT2D eigenvalue weighted by molar-refractivity contribution is -0.137. The SMILES string of the molecule is C[C@@H]1Oc2ccc(S(=O)(=O)N3CCN(C(=O)Nc4cccc(C(F)(F)F)c4)CC3)cc2NC1=O. The summed E-state index contributed by atoms with van der Waals surface area (Å²) in [6.07, 6.45) is -5.23. The Hall–Kier alpha value is -3.32. The second-order valence-electron chi connectivity index (χ2n) is 7.81. The number of piperazine rings is 1. The van der Waals surface area contributed by atoms with Crippen molar-refractivity contribution < 1.29 is 35.9 Å². The molecule has 2 aliphatic rings. The Balaban J connectivity index is 1.40. The van der Waals surface area contributed by atoms with E-state index in [9.17, 15) is 31.2 Å². The summed E-state index contributed by atoms with van der Waals surface area (Å²) < 4.78 is 71.4. The number of amides is 3. The molecule has 2 N–H and O–H groups in total. The van der Waals surface area contributed by atoms with Crippen molar-refractivity contribution in [2.24, 2.45) is 0 Å². The normalized spacial score (nSPS) is 19.1. The fourth-order valence-corrected chi connectivity index (χ4v) is 5.05. The number of nitrogens with one attached hydrogen (secondary N) is 2. The lowest BCUT2D eigenvalue weighted by Gasteiger charge is -2.34. The van der Waals surface area contributed by atoms with Crippen molar-refractivity contribution in [2.45, 2.75) is 24.1 Å². The predicted molar refractivity (Wildman–Crippen MR) is 116 cm³/mol. The molecule has 0 radical (unpaired) electrons. The smallest absolute Gasteiger partial charge is 0.416 e. The second-order valence-corrected chi connectivity index (χ2v) is 9.75. The van der Waals surface area contributed by atoms with Gasteiger partial charge in [0.25, 0.3) is 5.91 Å². The van der Waals surface area contributed by atoms with Crippen LogP contribution in [0.25, 0.3) is 0 Å². The number of halogens is 3. The molecule has 13 heteroatoms. The zero-order chi connectivity index (χ0) is 24.7. The molecule has 2 heterocycles. The third-order valence-electron chi connectivity index (χ3n) is 5.49. The van der Waals surface area contributed by atoms with Crippen LogP contribution in [0.3, 0.4) is 0 Å². The van der Waals surface area contributed by atoms with E-state index in [4.69, 9.17) is 4.74 Å². The van der Waals surface area contributed by atoms with Crippen molar-refractivity contribution in [3.05, 3.63) is 48.0 Å². The highest BCUT2D eigenvalue weighted by molar-refractivity contribution is 7.89. The molecular weight excluding hydrogens is 477 g/mol. The molecule has 0 spiro atoms. The maximum absolute atomic E-state index is 13.1. The van der Waals surface area contributed by atoms with Gasteiger partial charge in [-0.1, -0.05) is 6.07 Å². The Morgan fingerprint density at radius 3 is 2.50 bits per heavy atom. The number of hydrogen-bond acceptors (Lipinski definition) is 5. The first-order valence-corrected chi connectivity index (χ1v) is 11.7. The van der Waals surface area contributed by atoms with E-state index in [1.165, 1.54) is 39.5 Å². The van der Waals surface area contributed by atoms with Gasteiger partial charge in [0.1, 0.15) is 5.75 Å². The molecular formula is C21H21F3N4O5S. The second kappa shape index (κ2) is 8.80. The minimum Gasteiger partial charge on any atom is -0.479 e. The lowest BCUT2D eigenvalue weighted by atomic mass is 10.2. The molecule has 2 aromatic carbocycles. The molecule has 182 valence electrons. The van der Waals surface area contributed by atoms with E-state index in [1.54, 1.807) is 6.92 Å². The first-order chi connectivity index (χ1) is 15.9. The first kappa shape index (κ1) is 23.8. The standard InChI is InChI=1S/C21H21F3N4O5S/c1-13-19(29)26-17-12-16(5-6-18(17)33-13)34(31,32)28-9-7-27(8-10-28)20(30)25-15-4-2-3-14(11-15)21(22,23)24/h2-6,11-13H,7-10H2,1H3,(H,25,30)(H,26,29)/t13-/m0/s1. The number of urea groups is 1. The van der Waals surface area contributed by atoms with E-state index in [-0.39, 0.29) is 48.4 Å². The number of hydrogen-bond donors (Lipinski definition) is 2. The minimum atomic E-state index is -4.54. The van der Waals surface area contributed by atoms with Crippen LogP contribution in [-0.2, 0) is 21.0 Å². The molecule has 1 atom stereocenters. The summed E-state index contributed by atoms with van der Waals surface area (Å²) in [6, 6.07) is 7.81. The molecule has 0 saturated carbocycles. The van der Waals surface area contributed by atoms with Crippen molar-refractivity contribution in [1.82, 2.24) is 9.21 Å². The van der Waals surface area contributed by atoms with E-state index in [2.05, 4.69) is 10.6 Å². The Bertz CT molecular complexity index is 1230. The van der Waals surface area contributed by atoms with Crippen molar-refractivity contribution in [3.8, 4) is 5.75 Å². The van der Waals surface area contributed by atoms with Crippen molar-refractivity contribution in [3.63, 3.8) is 0 Å². The molecule has 9 nitrogen and oxygen atoms in total. The minimum absolute atomic E-state index is 0.00464. The van der Waals surface area contributed by atoms with E-state index in [0.717, 1.165) is 12.1 Å². The number of nitrogens with zero attached hydrogens (tertiary/aromatic N) is 2. The van der Waals surface area contributed by atoms with Crippen LogP contribution in [0.5, 0.6) is 5.75 Å². The van der Waals surface area contributed by atoms with Gasteiger partial charge in [-0.25, -0.2) is 13.2 Å². The average Bonchev–Trinajstić information content (AvgIpc) is 2.79. The van der Waals surface area contributed by atoms with Crippen LogP contribution in [0.2, 0.25) is 0 Å². The summed E-state index contributed by atoms with van der Waals surface area (Å²) in [5.74, 6) is -0.0235. The summed E-state index contributed by atoms with van der Waals surface area (Å²) >= 11 is 0. The molecule has 1 fully saturated rings. The third kappa shape index (κ3) is 4.80. The van der Waals surface area contributed by atoms with Gasteiger partial charge in [0.05, 0.1) is 16.1 Å². The van der Waals surface area contributed by atoms with Crippen LogP contribution >= 0.6 is 0 Å². The molecule has 0 aliphatic carbocycles. The fraction of sp³-hybridized carbons (Fsp3) is 0.333. The lowest BCUT2D eigenvalue weighted by Crippen LogP contribution is -2.51. The number of alkyl halides is 3. The van der Waals surface area contributed by atoms with E-state index < -0.39 is 33.9 Å². The Labute approximate surface area is 193 Å². The van der Waals surface area contributed by atoms with Crippen LogP contribution in [0.15, 0.2) is 47.4 Å². The van der Waals surface area contributed by atoms with Gasteiger partial charge in [-0.3, -0.25) is 4.79 Å². The number of carbonyl (C=O) groups is 2. The molecule has 0 aromatic heterocycles. The van der Waals surface area contributed by atoms with Gasteiger partial charge in [-0.15, -0.1) is 0 Å². The van der Waals surface area contributed by atoms with Gasteiger partial charge in [0.2, 0.25) is 10.0 Å². The number of benzene rings is 2. The van der Waals surface area contributed by atoms with Crippen LogP contribution in [0, 0.1) is 0 Å². The summed E-state index contributed by atoms with van der Waals surface area (Å²) in [6.45, 7) is 1.66. The predicted octanol–water partition coefficient (Wildman–Crippen LogP) is 2.96. The van der Waals surface area contributed by atoms with Crippen molar-refractivity contribution >= 4 is 33.3 Å². The average molecular weight is 498 g/mol. The Morgan fingerprint density at radius 2 is 1.82 bits per heavy atom. The molecule has 1 saturated heterocycles. The molecule has 2 aliphatic heterocycles. The van der Waals surface area contributed by atoms with Crippen LogP contribution in [-0.4, -0.2) is 61.8 Å². The Kier molecular flexibility index (Phi) is 6.16. The molecule has 34 heavy (non-hydrogen) atoms. The third-order valence-corrected chi connectivity index (χ3v) is 7.38. The topological polar surface area (TPSA) is 108 Å². The van der Waals surface area contributed by atoms with Gasteiger partial charge in [0.15, 0.2) is 6.10 Å². The highest BCUT2D eigenvalue weighted by Gasteiger charge is 2.33. The number of sulfonamides is 1. The molecule has 4 rings (SSSR count). The van der Waals surface area contributed by atoms with Gasteiger partial charge < -0.3 is 20.3 Å². The van der Waals surface area contributed by atoms with Crippen molar-refractivity contribution in [2.75, 3.05) is 36.8 Å². The van der Waals surface area contributed by atoms with Crippen LogP contribution in [0.1, 0.15) is 12.5 Å². The molecule has 0 bridgehead atoms. The number of fused-ring (bicyclic) bond motifs is 1.